The third-order valence-corrected chi connectivity index (χ3v) is 7.68. The van der Waals surface area contributed by atoms with Gasteiger partial charge in [-0.2, -0.15) is 0 Å². The molecule has 0 saturated heterocycles. The van der Waals surface area contributed by atoms with E-state index in [9.17, 15) is 18.0 Å². The first-order valence-corrected chi connectivity index (χ1v) is 15.2. The number of amides is 2. The van der Waals surface area contributed by atoms with Crippen LogP contribution < -0.4 is 19.1 Å². The number of nitrogens with one attached hydrogen (secondary N) is 1. The Hall–Kier alpha value is -3.76. The smallest absolute Gasteiger partial charge is 0.244 e. The second kappa shape index (κ2) is 14.2. The molecule has 11 heteroatoms. The van der Waals surface area contributed by atoms with Crippen LogP contribution in [0.2, 0.25) is 5.02 Å². The Morgan fingerprint density at radius 2 is 1.59 bits per heavy atom. The minimum absolute atomic E-state index is 0.0520. The molecule has 0 spiro atoms. The number of nitrogens with zero attached hydrogens (tertiary/aromatic N) is 2. The van der Waals surface area contributed by atoms with E-state index in [1.807, 2.05) is 44.2 Å². The molecule has 2 amide bonds. The third kappa shape index (κ3) is 8.86. The van der Waals surface area contributed by atoms with Crippen LogP contribution in [0.5, 0.6) is 11.5 Å². The number of ether oxygens (including phenoxy) is 2. The highest BCUT2D eigenvalue weighted by Crippen LogP contribution is 2.34. The second-order valence-corrected chi connectivity index (χ2v) is 12.2. The highest BCUT2D eigenvalue weighted by molar-refractivity contribution is 7.92. The molecule has 3 rings (SSSR count). The van der Waals surface area contributed by atoms with Gasteiger partial charge >= 0.3 is 0 Å². The number of hydrogen-bond acceptors (Lipinski definition) is 6. The summed E-state index contributed by atoms with van der Waals surface area (Å²) < 4.78 is 37.7. The maximum Gasteiger partial charge on any atom is 0.244 e. The lowest BCUT2D eigenvalue weighted by molar-refractivity contribution is -0.140. The van der Waals surface area contributed by atoms with Crippen LogP contribution in [0.4, 0.5) is 5.69 Å². The molecule has 0 unspecified atom stereocenters. The molecule has 3 aromatic carbocycles. The SMILES string of the molecule is COc1ccc(N(CC(=O)N(Cc2ccc(Cl)cc2)[C@@H](Cc2ccccc2)C(=O)NC(C)C)S(C)(=O)=O)c(OC)c1. The molecule has 0 saturated carbocycles. The Kier molecular flexibility index (Phi) is 11.0. The lowest BCUT2D eigenvalue weighted by atomic mass is 10.0. The molecule has 0 aliphatic carbocycles. The van der Waals surface area contributed by atoms with Gasteiger partial charge in [-0.25, -0.2) is 8.42 Å². The van der Waals surface area contributed by atoms with E-state index in [1.54, 1.807) is 30.3 Å². The van der Waals surface area contributed by atoms with Crippen molar-refractivity contribution in [2.45, 2.75) is 38.9 Å². The van der Waals surface area contributed by atoms with Gasteiger partial charge in [0.25, 0.3) is 0 Å². The molecule has 0 bridgehead atoms. The van der Waals surface area contributed by atoms with E-state index in [2.05, 4.69) is 5.32 Å². The third-order valence-electron chi connectivity index (χ3n) is 6.30. The minimum Gasteiger partial charge on any atom is -0.497 e. The molecular formula is C30H36ClN3O6S. The van der Waals surface area contributed by atoms with Crippen LogP contribution in [0, 0.1) is 0 Å². The van der Waals surface area contributed by atoms with Gasteiger partial charge < -0.3 is 19.7 Å². The van der Waals surface area contributed by atoms with Crippen molar-refractivity contribution in [1.29, 1.82) is 0 Å². The highest BCUT2D eigenvalue weighted by atomic mass is 35.5. The second-order valence-electron chi connectivity index (χ2n) is 9.82. The Morgan fingerprint density at radius 1 is 0.927 bits per heavy atom. The molecule has 220 valence electrons. The van der Waals surface area contributed by atoms with Crippen molar-refractivity contribution < 1.29 is 27.5 Å². The minimum atomic E-state index is -3.95. The zero-order chi connectivity index (χ0) is 30.2. The van der Waals surface area contributed by atoms with Crippen LogP contribution in [-0.4, -0.2) is 64.2 Å². The van der Waals surface area contributed by atoms with Crippen LogP contribution in [0.25, 0.3) is 0 Å². The first kappa shape index (κ1) is 31.8. The van der Waals surface area contributed by atoms with Gasteiger partial charge in [0.05, 0.1) is 26.2 Å². The molecule has 0 aliphatic rings. The molecule has 0 fully saturated rings. The van der Waals surface area contributed by atoms with Gasteiger partial charge in [0, 0.05) is 30.1 Å². The van der Waals surface area contributed by atoms with Crippen LogP contribution in [0.3, 0.4) is 0 Å². The number of sulfonamides is 1. The largest absolute Gasteiger partial charge is 0.497 e. The van der Waals surface area contributed by atoms with Crippen LogP contribution in [0.15, 0.2) is 72.8 Å². The van der Waals surface area contributed by atoms with E-state index in [0.29, 0.717) is 10.8 Å². The summed E-state index contributed by atoms with van der Waals surface area (Å²) in [5.74, 6) is -0.240. The number of anilines is 1. The molecule has 1 atom stereocenters. The van der Waals surface area contributed by atoms with Gasteiger partial charge in [-0.15, -0.1) is 0 Å². The summed E-state index contributed by atoms with van der Waals surface area (Å²) in [4.78, 5) is 29.1. The van der Waals surface area contributed by atoms with Gasteiger partial charge in [-0.3, -0.25) is 13.9 Å². The molecule has 0 heterocycles. The molecule has 41 heavy (non-hydrogen) atoms. The monoisotopic (exact) mass is 601 g/mol. The number of carbonyl (C=O) groups is 2. The van der Waals surface area contributed by atoms with Crippen molar-refractivity contribution in [2.75, 3.05) is 31.3 Å². The van der Waals surface area contributed by atoms with Gasteiger partial charge in [0.1, 0.15) is 24.1 Å². The number of benzene rings is 3. The summed E-state index contributed by atoms with van der Waals surface area (Å²) in [6.45, 7) is 3.17. The van der Waals surface area contributed by atoms with Gasteiger partial charge in [-0.05, 0) is 49.2 Å². The summed E-state index contributed by atoms with van der Waals surface area (Å²) >= 11 is 6.09. The molecule has 3 aromatic rings. The molecule has 9 nitrogen and oxygen atoms in total. The van der Waals surface area contributed by atoms with E-state index in [1.165, 1.54) is 31.3 Å². The Morgan fingerprint density at radius 3 is 2.15 bits per heavy atom. The summed E-state index contributed by atoms with van der Waals surface area (Å²) in [7, 11) is -1.07. The topological polar surface area (TPSA) is 105 Å². The van der Waals surface area contributed by atoms with Crippen molar-refractivity contribution in [3.8, 4) is 11.5 Å². The maximum atomic E-state index is 14.1. The van der Waals surface area contributed by atoms with E-state index in [4.69, 9.17) is 21.1 Å². The van der Waals surface area contributed by atoms with E-state index in [0.717, 1.165) is 21.7 Å². The lowest BCUT2D eigenvalue weighted by Crippen LogP contribution is -2.54. The fourth-order valence-corrected chi connectivity index (χ4v) is 5.29. The van der Waals surface area contributed by atoms with Gasteiger partial charge in [-0.1, -0.05) is 54.1 Å². The normalized spacial score (nSPS) is 12.0. The summed E-state index contributed by atoms with van der Waals surface area (Å²) in [6, 6.07) is 19.8. The average Bonchev–Trinajstić information content (AvgIpc) is 2.93. The van der Waals surface area contributed by atoms with Crippen molar-refractivity contribution in [3.05, 3.63) is 88.9 Å². The average molecular weight is 602 g/mol. The quantitative estimate of drug-likeness (QED) is 0.313. The zero-order valence-electron chi connectivity index (χ0n) is 23.8. The van der Waals surface area contributed by atoms with Crippen LogP contribution >= 0.6 is 11.6 Å². The molecular weight excluding hydrogens is 566 g/mol. The molecule has 0 radical (unpaired) electrons. The number of halogens is 1. The Labute approximate surface area is 247 Å². The number of methoxy groups -OCH3 is 2. The number of carbonyl (C=O) groups excluding carboxylic acids is 2. The van der Waals surface area contributed by atoms with E-state index < -0.39 is 28.5 Å². The van der Waals surface area contributed by atoms with Crippen molar-refractivity contribution in [3.63, 3.8) is 0 Å². The Bertz CT molecular complexity index is 1430. The number of rotatable bonds is 13. The van der Waals surface area contributed by atoms with Crippen molar-refractivity contribution in [2.24, 2.45) is 0 Å². The fourth-order valence-electron chi connectivity index (χ4n) is 4.31. The summed E-state index contributed by atoms with van der Waals surface area (Å²) in [5, 5.41) is 3.45. The fraction of sp³-hybridized carbons (Fsp3) is 0.333. The van der Waals surface area contributed by atoms with Crippen molar-refractivity contribution in [1.82, 2.24) is 10.2 Å². The number of hydrogen-bond donors (Lipinski definition) is 1. The molecule has 0 aliphatic heterocycles. The first-order chi connectivity index (χ1) is 19.4. The summed E-state index contributed by atoms with van der Waals surface area (Å²) in [6.07, 6.45) is 1.24. The Balaban J connectivity index is 2.08. The predicted molar refractivity (Wildman–Crippen MR) is 161 cm³/mol. The van der Waals surface area contributed by atoms with Crippen molar-refractivity contribution >= 4 is 39.1 Å². The standard InChI is InChI=1S/C30H36ClN3O6S/c1-21(2)32-30(36)27(17-22-9-7-6-8-10-22)33(19-23-11-13-24(31)14-12-23)29(35)20-34(41(5,37)38)26-16-15-25(39-3)18-28(26)40-4/h6-16,18,21,27H,17,19-20H2,1-5H3,(H,32,36)/t27-/m0/s1. The molecule has 0 aromatic heterocycles. The summed E-state index contributed by atoms with van der Waals surface area (Å²) in [5.41, 5.74) is 1.75. The zero-order valence-corrected chi connectivity index (χ0v) is 25.4. The maximum absolute atomic E-state index is 14.1. The van der Waals surface area contributed by atoms with Gasteiger partial charge in [0.2, 0.25) is 21.8 Å². The van der Waals surface area contributed by atoms with E-state index in [-0.39, 0.29) is 36.4 Å². The highest BCUT2D eigenvalue weighted by Gasteiger charge is 2.34. The predicted octanol–water partition coefficient (Wildman–Crippen LogP) is 4.29. The lowest BCUT2D eigenvalue weighted by Gasteiger charge is -2.34. The molecule has 1 N–H and O–H groups in total. The van der Waals surface area contributed by atoms with Crippen LogP contribution in [0.1, 0.15) is 25.0 Å². The first-order valence-electron chi connectivity index (χ1n) is 13.0. The van der Waals surface area contributed by atoms with E-state index >= 15 is 0 Å². The van der Waals surface area contributed by atoms with Gasteiger partial charge in [0.15, 0.2) is 0 Å². The van der Waals surface area contributed by atoms with Crippen LogP contribution in [-0.2, 0) is 32.6 Å².